The van der Waals surface area contributed by atoms with Crippen LogP contribution in [0.2, 0.25) is 5.02 Å². The lowest BCUT2D eigenvalue weighted by Crippen LogP contribution is -2.02. The number of nitrogens with zero attached hydrogens (tertiary/aromatic N) is 4. The van der Waals surface area contributed by atoms with Crippen molar-refractivity contribution in [2.45, 2.75) is 17.8 Å². The normalized spacial score (nSPS) is 11.2. The molecule has 0 fully saturated rings. The second-order valence-electron chi connectivity index (χ2n) is 5.67. The van der Waals surface area contributed by atoms with E-state index in [1.807, 2.05) is 43.3 Å². The van der Waals surface area contributed by atoms with Crippen LogP contribution in [0.5, 0.6) is 5.75 Å². The molecule has 4 aromatic rings. The van der Waals surface area contributed by atoms with E-state index >= 15 is 0 Å². The number of hydrogen-bond donors (Lipinski definition) is 0. The predicted octanol–water partition coefficient (Wildman–Crippen LogP) is 5.14. The number of thiophene rings is 1. The summed E-state index contributed by atoms with van der Waals surface area (Å²) in [6.45, 7) is 2.02. The van der Waals surface area contributed by atoms with Gasteiger partial charge < -0.3 is 4.74 Å². The lowest BCUT2D eigenvalue weighted by molar-refractivity contribution is 0.410. The minimum Gasteiger partial charge on any atom is -0.494 e. The Morgan fingerprint density at radius 1 is 1.23 bits per heavy atom. The van der Waals surface area contributed by atoms with Gasteiger partial charge in [-0.05, 0) is 41.1 Å². The third-order valence-corrected chi connectivity index (χ3v) is 6.78. The van der Waals surface area contributed by atoms with Gasteiger partial charge in [-0.1, -0.05) is 47.6 Å². The number of aromatic nitrogens is 4. The maximum atomic E-state index is 6.54. The summed E-state index contributed by atoms with van der Waals surface area (Å²) in [5.41, 5.74) is 1.93. The van der Waals surface area contributed by atoms with Gasteiger partial charge in [0.15, 0.2) is 0 Å². The summed E-state index contributed by atoms with van der Waals surface area (Å²) in [5, 5.41) is 14.7. The Morgan fingerprint density at radius 3 is 2.88 bits per heavy atom. The highest BCUT2D eigenvalue weighted by atomic mass is 35.5. The topological polar surface area (TPSA) is 52.8 Å². The van der Waals surface area contributed by atoms with Gasteiger partial charge in [0.1, 0.15) is 11.4 Å². The largest absolute Gasteiger partial charge is 0.494 e. The number of hydrogen-bond acceptors (Lipinski definition) is 6. The van der Waals surface area contributed by atoms with Gasteiger partial charge in [-0.2, -0.15) is 4.68 Å². The second-order valence-corrected chi connectivity index (χ2v) is 8.13. The molecule has 132 valence electrons. The van der Waals surface area contributed by atoms with Crippen LogP contribution in [0.3, 0.4) is 0 Å². The maximum absolute atomic E-state index is 6.54. The van der Waals surface area contributed by atoms with Gasteiger partial charge in [0.05, 0.1) is 12.1 Å². The Hall–Kier alpha value is -2.09. The van der Waals surface area contributed by atoms with Crippen molar-refractivity contribution in [3.63, 3.8) is 0 Å². The summed E-state index contributed by atoms with van der Waals surface area (Å²) in [7, 11) is 1.64. The number of tetrazole rings is 1. The SMILES string of the molecule is COc1ccc(C)cc1-n1nnnc1SCc1sc2ccccc2c1Cl. The van der Waals surface area contributed by atoms with Crippen LogP contribution in [0.4, 0.5) is 0 Å². The quantitative estimate of drug-likeness (QED) is 0.432. The van der Waals surface area contributed by atoms with Crippen LogP contribution in [-0.4, -0.2) is 27.3 Å². The lowest BCUT2D eigenvalue weighted by atomic mass is 10.2. The highest BCUT2D eigenvalue weighted by Gasteiger charge is 2.16. The zero-order valence-corrected chi connectivity index (χ0v) is 16.5. The van der Waals surface area contributed by atoms with Crippen molar-refractivity contribution in [2.75, 3.05) is 7.11 Å². The van der Waals surface area contributed by atoms with E-state index in [0.717, 1.165) is 32.3 Å². The van der Waals surface area contributed by atoms with Gasteiger partial charge in [0.2, 0.25) is 5.16 Å². The monoisotopic (exact) mass is 402 g/mol. The molecule has 0 saturated heterocycles. The standard InChI is InChI=1S/C18H15ClN4OS2/c1-11-7-8-14(24-2)13(9-11)23-18(20-21-22-23)25-10-16-17(19)12-5-3-4-6-15(12)26-16/h3-9H,10H2,1-2H3. The molecular weight excluding hydrogens is 388 g/mol. The molecule has 8 heteroatoms. The molecule has 0 amide bonds. The van der Waals surface area contributed by atoms with E-state index in [9.17, 15) is 0 Å². The third kappa shape index (κ3) is 3.18. The van der Waals surface area contributed by atoms with E-state index in [1.54, 1.807) is 34.9 Å². The number of ether oxygens (including phenoxy) is 1. The van der Waals surface area contributed by atoms with Gasteiger partial charge in [0, 0.05) is 20.7 Å². The molecule has 0 aliphatic heterocycles. The molecule has 0 aliphatic carbocycles. The van der Waals surface area contributed by atoms with Crippen molar-refractivity contribution in [1.82, 2.24) is 20.2 Å². The summed E-state index contributed by atoms with van der Waals surface area (Å²) in [4.78, 5) is 1.11. The van der Waals surface area contributed by atoms with E-state index in [4.69, 9.17) is 16.3 Å². The Labute approximate surface area is 163 Å². The number of aryl methyl sites for hydroxylation is 1. The molecule has 4 rings (SSSR count). The van der Waals surface area contributed by atoms with Crippen LogP contribution >= 0.6 is 34.7 Å². The number of halogens is 1. The molecule has 2 aromatic carbocycles. The van der Waals surface area contributed by atoms with E-state index in [0.29, 0.717) is 10.9 Å². The fraction of sp³-hybridized carbons (Fsp3) is 0.167. The van der Waals surface area contributed by atoms with Gasteiger partial charge in [0.25, 0.3) is 0 Å². The van der Waals surface area contributed by atoms with E-state index in [1.165, 1.54) is 4.70 Å². The van der Waals surface area contributed by atoms with E-state index in [-0.39, 0.29) is 0 Å². The van der Waals surface area contributed by atoms with Gasteiger partial charge in [-0.3, -0.25) is 0 Å². The number of rotatable bonds is 5. The Kier molecular flexibility index (Phi) is 4.84. The van der Waals surface area contributed by atoms with Crippen LogP contribution < -0.4 is 4.74 Å². The van der Waals surface area contributed by atoms with Crippen LogP contribution in [0, 0.1) is 6.92 Å². The smallest absolute Gasteiger partial charge is 0.214 e. The molecule has 0 aliphatic rings. The predicted molar refractivity (Wildman–Crippen MR) is 107 cm³/mol. The van der Waals surface area contributed by atoms with Crippen LogP contribution in [0.25, 0.3) is 15.8 Å². The molecule has 2 heterocycles. The number of methoxy groups -OCH3 is 1. The third-order valence-electron chi connectivity index (χ3n) is 3.94. The molecular formula is C18H15ClN4OS2. The molecule has 0 saturated carbocycles. The molecule has 0 atom stereocenters. The molecule has 2 aromatic heterocycles. The Morgan fingerprint density at radius 2 is 2.08 bits per heavy atom. The zero-order valence-electron chi connectivity index (χ0n) is 14.1. The van der Waals surface area contributed by atoms with Crippen LogP contribution in [-0.2, 0) is 5.75 Å². The van der Waals surface area contributed by atoms with Crippen molar-refractivity contribution in [3.8, 4) is 11.4 Å². The first kappa shape index (κ1) is 17.3. The van der Waals surface area contributed by atoms with E-state index < -0.39 is 0 Å². The summed E-state index contributed by atoms with van der Waals surface area (Å²) >= 11 is 9.80. The van der Waals surface area contributed by atoms with E-state index in [2.05, 4.69) is 21.6 Å². The minimum atomic E-state index is 0.697. The van der Waals surface area contributed by atoms with Crippen molar-refractivity contribution >= 4 is 44.8 Å². The van der Waals surface area contributed by atoms with Crippen molar-refractivity contribution < 1.29 is 4.74 Å². The Bertz CT molecular complexity index is 1080. The summed E-state index contributed by atoms with van der Waals surface area (Å²) in [6, 6.07) is 14.1. The molecule has 0 radical (unpaired) electrons. The molecule has 0 spiro atoms. The number of benzene rings is 2. The van der Waals surface area contributed by atoms with Crippen molar-refractivity contribution in [3.05, 3.63) is 57.9 Å². The molecule has 26 heavy (non-hydrogen) atoms. The lowest BCUT2D eigenvalue weighted by Gasteiger charge is -2.10. The van der Waals surface area contributed by atoms with Gasteiger partial charge >= 0.3 is 0 Å². The molecule has 5 nitrogen and oxygen atoms in total. The molecule has 0 N–H and O–H groups in total. The Balaban J connectivity index is 1.64. The summed E-state index contributed by atoms with van der Waals surface area (Å²) in [6.07, 6.45) is 0. The first-order valence-electron chi connectivity index (χ1n) is 7.89. The number of thioether (sulfide) groups is 1. The van der Waals surface area contributed by atoms with Crippen LogP contribution in [0.15, 0.2) is 47.6 Å². The van der Waals surface area contributed by atoms with Gasteiger partial charge in [-0.15, -0.1) is 16.4 Å². The summed E-state index contributed by atoms with van der Waals surface area (Å²) < 4.78 is 8.35. The van der Waals surface area contributed by atoms with Crippen molar-refractivity contribution in [2.24, 2.45) is 0 Å². The van der Waals surface area contributed by atoms with Gasteiger partial charge in [-0.25, -0.2) is 0 Å². The average Bonchev–Trinajstić information content (AvgIpc) is 3.25. The molecule has 0 unspecified atom stereocenters. The fourth-order valence-corrected chi connectivity index (χ4v) is 5.22. The summed E-state index contributed by atoms with van der Waals surface area (Å²) in [5.74, 6) is 1.43. The fourth-order valence-electron chi connectivity index (χ4n) is 2.67. The highest BCUT2D eigenvalue weighted by Crippen LogP contribution is 2.38. The number of fused-ring (bicyclic) bond motifs is 1. The average molecular weight is 403 g/mol. The molecule has 0 bridgehead atoms. The second kappa shape index (κ2) is 7.26. The zero-order chi connectivity index (χ0) is 18.1. The van der Waals surface area contributed by atoms with Crippen LogP contribution in [0.1, 0.15) is 10.4 Å². The highest BCUT2D eigenvalue weighted by molar-refractivity contribution is 7.98. The first-order valence-corrected chi connectivity index (χ1v) is 10.1. The minimum absolute atomic E-state index is 0.697. The maximum Gasteiger partial charge on any atom is 0.214 e. The first-order chi connectivity index (χ1) is 12.7. The van der Waals surface area contributed by atoms with Crippen molar-refractivity contribution in [1.29, 1.82) is 0 Å².